The summed E-state index contributed by atoms with van der Waals surface area (Å²) in [6.07, 6.45) is 0.169. The maximum atomic E-state index is 12.3. The van der Waals surface area contributed by atoms with Crippen LogP contribution in [0.25, 0.3) is 11.2 Å². The van der Waals surface area contributed by atoms with Crippen LogP contribution >= 0.6 is 0 Å². The highest BCUT2D eigenvalue weighted by molar-refractivity contribution is 6.04. The minimum atomic E-state index is -4.34. The maximum Gasteiger partial charge on any atom is 0.390 e. The number of rotatable bonds is 6. The summed E-state index contributed by atoms with van der Waals surface area (Å²) < 4.78 is 36.8. The fraction of sp³-hybridized carbons (Fsp3) is 0.474. The van der Waals surface area contributed by atoms with Crippen LogP contribution in [0.2, 0.25) is 0 Å². The summed E-state index contributed by atoms with van der Waals surface area (Å²) in [6.45, 7) is 5.54. The zero-order valence-corrected chi connectivity index (χ0v) is 16.4. The Kier molecular flexibility index (Phi) is 6.28. The Bertz CT molecular complexity index is 942. The summed E-state index contributed by atoms with van der Waals surface area (Å²) in [5.74, 6) is -0.301. The molecule has 0 aliphatic carbocycles. The molecule has 2 atom stereocenters. The highest BCUT2D eigenvalue weighted by atomic mass is 19.4. The predicted octanol–water partition coefficient (Wildman–Crippen LogP) is 2.62. The van der Waals surface area contributed by atoms with Gasteiger partial charge in [-0.3, -0.25) is 9.59 Å². The molecule has 2 aromatic heterocycles. The van der Waals surface area contributed by atoms with E-state index < -0.39 is 25.0 Å². The van der Waals surface area contributed by atoms with E-state index in [1.165, 1.54) is 18.5 Å². The third kappa shape index (κ3) is 5.08. The number of anilines is 1. The molecule has 0 spiro atoms. The zero-order valence-electron chi connectivity index (χ0n) is 16.4. The van der Waals surface area contributed by atoms with Crippen molar-refractivity contribution >= 4 is 28.8 Å². The Morgan fingerprint density at radius 1 is 1.43 bits per heavy atom. The van der Waals surface area contributed by atoms with Gasteiger partial charge in [-0.1, -0.05) is 6.58 Å². The molecule has 3 N–H and O–H groups in total. The summed E-state index contributed by atoms with van der Waals surface area (Å²) in [5, 5.41) is 5.52. The van der Waals surface area contributed by atoms with Gasteiger partial charge in [0, 0.05) is 31.4 Å². The van der Waals surface area contributed by atoms with Gasteiger partial charge in [-0.15, -0.1) is 0 Å². The Labute approximate surface area is 170 Å². The first-order chi connectivity index (χ1) is 14.2. The van der Waals surface area contributed by atoms with E-state index in [1.54, 1.807) is 4.90 Å². The number of aromatic amines is 1. The molecule has 2 amide bonds. The minimum Gasteiger partial charge on any atom is -0.366 e. The number of alkyl halides is 3. The second-order valence-electron chi connectivity index (χ2n) is 7.23. The van der Waals surface area contributed by atoms with Crippen molar-refractivity contribution in [1.82, 2.24) is 25.2 Å². The molecule has 1 fully saturated rings. The largest absolute Gasteiger partial charge is 0.390 e. The molecule has 3 rings (SSSR count). The zero-order chi connectivity index (χ0) is 21.9. The number of amides is 2. The first kappa shape index (κ1) is 21.6. The first-order valence-corrected chi connectivity index (χ1v) is 9.56. The standard InChI is InChI=1S/C19H23F3N6O2/c1-3-15(29)28-7-4-12(8-11(28)2)26-14-10-25-17-16(27-14)13(9-24-17)18(30)23-6-5-19(20,21)22/h3,9-12H,1,4-8H2,2H3,(H,23,30)(H,24,25)(H,26,27)/t11-,12-/m0/s1. The van der Waals surface area contributed by atoms with Gasteiger partial charge in [-0.25, -0.2) is 9.97 Å². The number of hydrogen-bond acceptors (Lipinski definition) is 5. The molecule has 0 unspecified atom stereocenters. The number of aromatic nitrogens is 3. The highest BCUT2D eigenvalue weighted by Gasteiger charge is 2.28. The number of hydrogen-bond donors (Lipinski definition) is 3. The molecule has 0 saturated carbocycles. The van der Waals surface area contributed by atoms with Gasteiger partial charge < -0.3 is 20.5 Å². The molecule has 162 valence electrons. The Morgan fingerprint density at radius 3 is 2.87 bits per heavy atom. The van der Waals surface area contributed by atoms with Crippen molar-refractivity contribution in [3.63, 3.8) is 0 Å². The smallest absolute Gasteiger partial charge is 0.366 e. The van der Waals surface area contributed by atoms with Crippen molar-refractivity contribution in [1.29, 1.82) is 0 Å². The number of piperidine rings is 1. The highest BCUT2D eigenvalue weighted by Crippen LogP contribution is 2.23. The lowest BCUT2D eigenvalue weighted by molar-refractivity contribution is -0.133. The van der Waals surface area contributed by atoms with E-state index in [9.17, 15) is 22.8 Å². The van der Waals surface area contributed by atoms with E-state index in [2.05, 4.69) is 32.2 Å². The first-order valence-electron chi connectivity index (χ1n) is 9.56. The summed E-state index contributed by atoms with van der Waals surface area (Å²) in [7, 11) is 0. The normalized spacial score (nSPS) is 19.5. The lowest BCUT2D eigenvalue weighted by atomic mass is 9.98. The van der Waals surface area contributed by atoms with E-state index in [0.717, 1.165) is 0 Å². The number of H-pyrrole nitrogens is 1. The molecule has 0 bridgehead atoms. The number of likely N-dealkylation sites (tertiary alicyclic amines) is 1. The van der Waals surface area contributed by atoms with Gasteiger partial charge in [-0.2, -0.15) is 13.2 Å². The third-order valence-corrected chi connectivity index (χ3v) is 5.01. The summed E-state index contributed by atoms with van der Waals surface area (Å²) >= 11 is 0. The fourth-order valence-corrected chi connectivity index (χ4v) is 3.50. The van der Waals surface area contributed by atoms with Gasteiger partial charge >= 0.3 is 6.18 Å². The average molecular weight is 424 g/mol. The van der Waals surface area contributed by atoms with Gasteiger partial charge in [0.25, 0.3) is 5.91 Å². The van der Waals surface area contributed by atoms with Crippen molar-refractivity contribution in [2.75, 3.05) is 18.4 Å². The molecule has 2 aromatic rings. The number of carbonyl (C=O) groups excluding carboxylic acids is 2. The number of halogens is 3. The Balaban J connectivity index is 1.67. The van der Waals surface area contributed by atoms with Crippen LogP contribution in [0.1, 0.15) is 36.5 Å². The van der Waals surface area contributed by atoms with Crippen LogP contribution in [0.4, 0.5) is 19.0 Å². The molecule has 1 aliphatic heterocycles. The Morgan fingerprint density at radius 2 is 2.20 bits per heavy atom. The maximum absolute atomic E-state index is 12.3. The molecule has 11 heteroatoms. The number of nitrogens with zero attached hydrogens (tertiary/aromatic N) is 3. The number of nitrogens with one attached hydrogen (secondary N) is 3. The van der Waals surface area contributed by atoms with Crippen LogP contribution < -0.4 is 10.6 Å². The van der Waals surface area contributed by atoms with Crippen molar-refractivity contribution in [3.05, 3.63) is 30.6 Å². The van der Waals surface area contributed by atoms with Crippen LogP contribution in [0.15, 0.2) is 25.0 Å². The predicted molar refractivity (Wildman–Crippen MR) is 105 cm³/mol. The van der Waals surface area contributed by atoms with Gasteiger partial charge in [0.15, 0.2) is 5.65 Å². The Hall–Kier alpha value is -3.11. The molecular weight excluding hydrogens is 401 g/mol. The fourth-order valence-electron chi connectivity index (χ4n) is 3.50. The minimum absolute atomic E-state index is 0.0284. The summed E-state index contributed by atoms with van der Waals surface area (Å²) in [6, 6.07) is 0.0873. The van der Waals surface area contributed by atoms with Gasteiger partial charge in [0.1, 0.15) is 11.3 Å². The monoisotopic (exact) mass is 424 g/mol. The molecule has 0 radical (unpaired) electrons. The second-order valence-corrected chi connectivity index (χ2v) is 7.23. The van der Waals surface area contributed by atoms with Crippen molar-refractivity contribution < 1.29 is 22.8 Å². The SMILES string of the molecule is C=CC(=O)N1CC[C@H](Nc2cnc3[nH]cc(C(=O)NCCC(F)(F)F)c3n2)C[C@@H]1C. The van der Waals surface area contributed by atoms with Gasteiger partial charge in [0.2, 0.25) is 5.91 Å². The van der Waals surface area contributed by atoms with E-state index in [0.29, 0.717) is 30.9 Å². The van der Waals surface area contributed by atoms with Crippen LogP contribution in [0.5, 0.6) is 0 Å². The van der Waals surface area contributed by atoms with Crippen LogP contribution in [0, 0.1) is 0 Å². The average Bonchev–Trinajstić information content (AvgIpc) is 3.10. The summed E-state index contributed by atoms with van der Waals surface area (Å²) in [5.41, 5.74) is 0.765. The molecule has 0 aromatic carbocycles. The van der Waals surface area contributed by atoms with Crippen molar-refractivity contribution in [3.8, 4) is 0 Å². The number of carbonyl (C=O) groups is 2. The van der Waals surface area contributed by atoms with Crippen molar-refractivity contribution in [2.45, 2.75) is 44.4 Å². The van der Waals surface area contributed by atoms with Gasteiger partial charge in [-0.05, 0) is 25.8 Å². The second kappa shape index (κ2) is 8.72. The number of fused-ring (bicyclic) bond motifs is 1. The topological polar surface area (TPSA) is 103 Å². The quantitative estimate of drug-likeness (QED) is 0.619. The molecule has 3 heterocycles. The molecular formula is C19H23F3N6O2. The van der Waals surface area contributed by atoms with Crippen LogP contribution in [0.3, 0.4) is 0 Å². The lowest BCUT2D eigenvalue weighted by Gasteiger charge is -2.37. The molecule has 1 aliphatic rings. The van der Waals surface area contributed by atoms with Crippen LogP contribution in [-0.2, 0) is 4.79 Å². The molecule has 8 nitrogen and oxygen atoms in total. The molecule has 30 heavy (non-hydrogen) atoms. The van der Waals surface area contributed by atoms with E-state index in [-0.39, 0.29) is 29.1 Å². The van der Waals surface area contributed by atoms with Crippen LogP contribution in [-0.4, -0.2) is 63.0 Å². The van der Waals surface area contributed by atoms with E-state index >= 15 is 0 Å². The van der Waals surface area contributed by atoms with E-state index in [1.807, 2.05) is 6.92 Å². The van der Waals surface area contributed by atoms with E-state index in [4.69, 9.17) is 0 Å². The molecule has 1 saturated heterocycles. The lowest BCUT2D eigenvalue weighted by Crippen LogP contribution is -2.47. The summed E-state index contributed by atoms with van der Waals surface area (Å²) in [4.78, 5) is 37.3. The third-order valence-electron chi connectivity index (χ3n) is 5.01. The van der Waals surface area contributed by atoms with Crippen molar-refractivity contribution in [2.24, 2.45) is 0 Å². The van der Waals surface area contributed by atoms with Gasteiger partial charge in [0.05, 0.1) is 18.2 Å².